The van der Waals surface area contributed by atoms with Crippen LogP contribution in [0.25, 0.3) is 6.08 Å². The Balaban J connectivity index is 1.90. The summed E-state index contributed by atoms with van der Waals surface area (Å²) >= 11 is 5.93. The monoisotopic (exact) mass is 406 g/mol. The van der Waals surface area contributed by atoms with Crippen molar-refractivity contribution in [1.82, 2.24) is 5.32 Å². The van der Waals surface area contributed by atoms with Crippen molar-refractivity contribution in [3.63, 3.8) is 0 Å². The lowest BCUT2D eigenvalue weighted by Crippen LogP contribution is -2.30. The Kier molecular flexibility index (Phi) is 6.66. The summed E-state index contributed by atoms with van der Waals surface area (Å²) in [6.45, 7) is 0. The van der Waals surface area contributed by atoms with E-state index in [0.717, 1.165) is 0 Å². The molecule has 0 fully saturated rings. The summed E-state index contributed by atoms with van der Waals surface area (Å²) in [4.78, 5) is 25.5. The van der Waals surface area contributed by atoms with Gasteiger partial charge in [0.25, 0.3) is 11.8 Å². The number of rotatable bonds is 6. The van der Waals surface area contributed by atoms with Gasteiger partial charge in [0.2, 0.25) is 0 Å². The maximum Gasteiger partial charge on any atom is 0.272 e. The van der Waals surface area contributed by atoms with Crippen molar-refractivity contribution >= 4 is 35.2 Å². The molecule has 0 spiro atoms. The van der Waals surface area contributed by atoms with Gasteiger partial charge < -0.3 is 15.4 Å². The van der Waals surface area contributed by atoms with Crippen molar-refractivity contribution in [2.24, 2.45) is 0 Å². The van der Waals surface area contributed by atoms with Gasteiger partial charge in [-0.25, -0.2) is 0 Å². The Morgan fingerprint density at radius 1 is 0.897 bits per heavy atom. The third kappa shape index (κ3) is 5.46. The highest BCUT2D eigenvalue weighted by atomic mass is 35.5. The summed E-state index contributed by atoms with van der Waals surface area (Å²) < 4.78 is 5.27. The van der Waals surface area contributed by atoms with E-state index in [1.165, 1.54) is 7.11 Å². The molecule has 3 rings (SSSR count). The van der Waals surface area contributed by atoms with Crippen LogP contribution in [-0.2, 0) is 4.79 Å². The number of ether oxygens (including phenoxy) is 1. The van der Waals surface area contributed by atoms with Crippen LogP contribution in [0.3, 0.4) is 0 Å². The van der Waals surface area contributed by atoms with Crippen LogP contribution in [0, 0.1) is 0 Å². The maximum atomic E-state index is 12.9. The van der Waals surface area contributed by atoms with E-state index in [1.807, 2.05) is 6.07 Å². The highest BCUT2D eigenvalue weighted by Crippen LogP contribution is 2.23. The van der Waals surface area contributed by atoms with E-state index in [4.69, 9.17) is 16.3 Å². The van der Waals surface area contributed by atoms with Gasteiger partial charge in [-0.2, -0.15) is 0 Å². The molecule has 0 unspecified atom stereocenters. The molecular weight excluding hydrogens is 388 g/mol. The molecular formula is C23H19ClN2O3. The van der Waals surface area contributed by atoms with Crippen LogP contribution >= 0.6 is 11.6 Å². The molecule has 0 aliphatic carbocycles. The summed E-state index contributed by atoms with van der Waals surface area (Å²) in [7, 11) is 1.52. The first-order valence-corrected chi connectivity index (χ1v) is 9.22. The van der Waals surface area contributed by atoms with Crippen LogP contribution in [0.1, 0.15) is 15.9 Å². The number of halogens is 1. The maximum absolute atomic E-state index is 12.9. The molecule has 0 heterocycles. The summed E-state index contributed by atoms with van der Waals surface area (Å²) in [5, 5.41) is 6.05. The largest absolute Gasteiger partial charge is 0.495 e. The zero-order valence-electron chi connectivity index (χ0n) is 15.7. The summed E-state index contributed by atoms with van der Waals surface area (Å²) in [5.74, 6) is -0.351. The number of nitrogens with one attached hydrogen (secondary N) is 2. The number of carbonyl (C=O) groups is 2. The van der Waals surface area contributed by atoms with Crippen molar-refractivity contribution < 1.29 is 14.3 Å². The number of hydrogen-bond acceptors (Lipinski definition) is 3. The average Bonchev–Trinajstić information content (AvgIpc) is 2.75. The highest BCUT2D eigenvalue weighted by Gasteiger charge is 2.16. The Labute approximate surface area is 174 Å². The zero-order valence-corrected chi connectivity index (χ0v) is 16.4. The van der Waals surface area contributed by atoms with Gasteiger partial charge in [0.05, 0.1) is 12.8 Å². The fourth-order valence-corrected chi connectivity index (χ4v) is 2.73. The van der Waals surface area contributed by atoms with Crippen LogP contribution in [-0.4, -0.2) is 18.9 Å². The normalized spacial score (nSPS) is 10.9. The standard InChI is InChI=1S/C23H19ClN2O3/c1-29-21-10-6-5-9-19(21)25-23(28)20(15-16-11-13-18(24)14-12-16)26-22(27)17-7-3-2-4-8-17/h2-15H,1H3,(H,25,28)(H,26,27)/b20-15+. The van der Waals surface area contributed by atoms with Crippen LogP contribution in [0.15, 0.2) is 84.6 Å². The lowest BCUT2D eigenvalue weighted by molar-refractivity contribution is -0.113. The molecule has 3 aromatic rings. The first-order chi connectivity index (χ1) is 14.1. The van der Waals surface area contributed by atoms with Crippen molar-refractivity contribution in [3.05, 3.63) is 101 Å². The van der Waals surface area contributed by atoms with Gasteiger partial charge in [0.1, 0.15) is 11.4 Å². The first-order valence-electron chi connectivity index (χ1n) is 8.85. The predicted molar refractivity (Wildman–Crippen MR) is 115 cm³/mol. The minimum atomic E-state index is -0.478. The Morgan fingerprint density at radius 3 is 2.24 bits per heavy atom. The van der Waals surface area contributed by atoms with Crippen LogP contribution < -0.4 is 15.4 Å². The fraction of sp³-hybridized carbons (Fsp3) is 0.0435. The smallest absolute Gasteiger partial charge is 0.272 e. The van der Waals surface area contributed by atoms with Crippen molar-refractivity contribution in [2.45, 2.75) is 0 Å². The van der Waals surface area contributed by atoms with Crippen molar-refractivity contribution in [1.29, 1.82) is 0 Å². The zero-order chi connectivity index (χ0) is 20.6. The van der Waals surface area contributed by atoms with E-state index in [2.05, 4.69) is 10.6 Å². The molecule has 0 aliphatic heterocycles. The average molecular weight is 407 g/mol. The molecule has 0 atom stereocenters. The van der Waals surface area contributed by atoms with Gasteiger partial charge in [-0.05, 0) is 48.0 Å². The van der Waals surface area contributed by atoms with Gasteiger partial charge in [-0.15, -0.1) is 0 Å². The molecule has 0 saturated carbocycles. The molecule has 6 heteroatoms. The number of benzene rings is 3. The number of para-hydroxylation sites is 2. The van der Waals surface area contributed by atoms with Gasteiger partial charge in [0.15, 0.2) is 0 Å². The summed E-state index contributed by atoms with van der Waals surface area (Å²) in [5.41, 5.74) is 1.75. The molecule has 29 heavy (non-hydrogen) atoms. The van der Waals surface area contributed by atoms with Gasteiger partial charge >= 0.3 is 0 Å². The number of amides is 2. The second-order valence-electron chi connectivity index (χ2n) is 6.08. The third-order valence-electron chi connectivity index (χ3n) is 4.06. The van der Waals surface area contributed by atoms with Crippen LogP contribution in [0.2, 0.25) is 5.02 Å². The molecule has 3 aromatic carbocycles. The second kappa shape index (κ2) is 9.57. The van der Waals surface area contributed by atoms with Gasteiger partial charge in [0, 0.05) is 10.6 Å². The predicted octanol–water partition coefficient (Wildman–Crippen LogP) is 4.76. The molecule has 0 aromatic heterocycles. The minimum absolute atomic E-state index is 0.0899. The van der Waals surface area contributed by atoms with E-state index in [9.17, 15) is 9.59 Å². The number of methoxy groups -OCH3 is 1. The molecule has 2 amide bonds. The topological polar surface area (TPSA) is 67.4 Å². The Morgan fingerprint density at radius 2 is 1.55 bits per heavy atom. The summed E-state index contributed by atoms with van der Waals surface area (Å²) in [6, 6.07) is 22.6. The van der Waals surface area contributed by atoms with Crippen LogP contribution in [0.5, 0.6) is 5.75 Å². The van der Waals surface area contributed by atoms with Gasteiger partial charge in [-0.1, -0.05) is 54.1 Å². The van der Waals surface area contributed by atoms with Gasteiger partial charge in [-0.3, -0.25) is 9.59 Å². The third-order valence-corrected chi connectivity index (χ3v) is 4.32. The quantitative estimate of drug-likeness (QED) is 0.580. The molecule has 0 bridgehead atoms. The van der Waals surface area contributed by atoms with E-state index in [-0.39, 0.29) is 11.6 Å². The van der Waals surface area contributed by atoms with Crippen molar-refractivity contribution in [2.75, 3.05) is 12.4 Å². The minimum Gasteiger partial charge on any atom is -0.495 e. The highest BCUT2D eigenvalue weighted by molar-refractivity contribution is 6.30. The van der Waals surface area contributed by atoms with E-state index >= 15 is 0 Å². The molecule has 146 valence electrons. The van der Waals surface area contributed by atoms with E-state index in [0.29, 0.717) is 27.6 Å². The first kappa shape index (κ1) is 20.2. The number of hydrogen-bond donors (Lipinski definition) is 2. The Bertz CT molecular complexity index is 1030. The second-order valence-corrected chi connectivity index (χ2v) is 6.52. The van der Waals surface area contributed by atoms with E-state index in [1.54, 1.807) is 78.9 Å². The molecule has 0 aliphatic rings. The van der Waals surface area contributed by atoms with Crippen LogP contribution in [0.4, 0.5) is 5.69 Å². The Hall–Kier alpha value is -3.57. The van der Waals surface area contributed by atoms with E-state index < -0.39 is 5.91 Å². The number of anilines is 1. The van der Waals surface area contributed by atoms with Crippen molar-refractivity contribution in [3.8, 4) is 5.75 Å². The SMILES string of the molecule is COc1ccccc1NC(=O)/C(=C\c1ccc(Cl)cc1)NC(=O)c1ccccc1. The number of carbonyl (C=O) groups excluding carboxylic acids is 2. The molecule has 2 N–H and O–H groups in total. The molecule has 0 radical (unpaired) electrons. The lowest BCUT2D eigenvalue weighted by Gasteiger charge is -2.13. The summed E-state index contributed by atoms with van der Waals surface area (Å²) in [6.07, 6.45) is 1.59. The molecule has 5 nitrogen and oxygen atoms in total. The molecule has 0 saturated heterocycles. The fourth-order valence-electron chi connectivity index (χ4n) is 2.61. The lowest BCUT2D eigenvalue weighted by atomic mass is 10.1.